The van der Waals surface area contributed by atoms with Crippen molar-refractivity contribution < 1.29 is 0 Å². The summed E-state index contributed by atoms with van der Waals surface area (Å²) in [6.45, 7) is 4.00. The van der Waals surface area contributed by atoms with Gasteiger partial charge in [0.05, 0.1) is 17.3 Å². The van der Waals surface area contributed by atoms with Gasteiger partial charge in [0.2, 0.25) is 0 Å². The molecule has 2 nitrogen and oxygen atoms in total. The molecule has 0 spiro atoms. The SMILES string of the molecule is Cc1ccn2c([C@@H](C)Cl)cnc2c1. The van der Waals surface area contributed by atoms with Crippen molar-refractivity contribution in [2.24, 2.45) is 0 Å². The quantitative estimate of drug-likeness (QED) is 0.638. The number of hydrogen-bond donors (Lipinski definition) is 0. The van der Waals surface area contributed by atoms with Crippen LogP contribution in [0.25, 0.3) is 5.65 Å². The molecule has 0 aliphatic heterocycles. The summed E-state index contributed by atoms with van der Waals surface area (Å²) in [4.78, 5) is 4.28. The molecular formula is C10H11ClN2. The average Bonchev–Trinajstić information content (AvgIpc) is 2.46. The van der Waals surface area contributed by atoms with Crippen molar-refractivity contribution in [1.82, 2.24) is 9.38 Å². The van der Waals surface area contributed by atoms with E-state index in [1.807, 2.05) is 29.8 Å². The number of aryl methyl sites for hydroxylation is 1. The van der Waals surface area contributed by atoms with Gasteiger partial charge in [-0.05, 0) is 31.5 Å². The van der Waals surface area contributed by atoms with Gasteiger partial charge in [0.15, 0.2) is 0 Å². The minimum absolute atomic E-state index is 0.00212. The van der Waals surface area contributed by atoms with Gasteiger partial charge in [0.1, 0.15) is 5.65 Å². The molecule has 0 saturated heterocycles. The van der Waals surface area contributed by atoms with Crippen LogP contribution < -0.4 is 0 Å². The maximum absolute atomic E-state index is 6.00. The minimum atomic E-state index is -0.00212. The van der Waals surface area contributed by atoms with Gasteiger partial charge in [-0.1, -0.05) is 0 Å². The van der Waals surface area contributed by atoms with Crippen LogP contribution in [0.5, 0.6) is 0 Å². The predicted octanol–water partition coefficient (Wildman–Crippen LogP) is 2.94. The first-order chi connectivity index (χ1) is 6.18. The number of imidazole rings is 1. The summed E-state index contributed by atoms with van der Waals surface area (Å²) in [5.74, 6) is 0. The summed E-state index contributed by atoms with van der Waals surface area (Å²) < 4.78 is 2.02. The van der Waals surface area contributed by atoms with Crippen LogP contribution in [0.1, 0.15) is 23.6 Å². The zero-order chi connectivity index (χ0) is 9.42. The van der Waals surface area contributed by atoms with Crippen LogP contribution in [0, 0.1) is 6.92 Å². The van der Waals surface area contributed by atoms with Gasteiger partial charge in [-0.3, -0.25) is 0 Å². The first-order valence-corrected chi connectivity index (χ1v) is 4.70. The molecule has 3 heteroatoms. The summed E-state index contributed by atoms with van der Waals surface area (Å²) in [6, 6.07) is 4.10. The molecule has 0 saturated carbocycles. The van der Waals surface area contributed by atoms with Crippen molar-refractivity contribution in [3.63, 3.8) is 0 Å². The second-order valence-electron chi connectivity index (χ2n) is 3.23. The normalized spacial score (nSPS) is 13.5. The molecule has 0 amide bonds. The largest absolute Gasteiger partial charge is 0.303 e. The number of alkyl halides is 1. The second-order valence-corrected chi connectivity index (χ2v) is 3.89. The van der Waals surface area contributed by atoms with Crippen LogP contribution in [0.4, 0.5) is 0 Å². The van der Waals surface area contributed by atoms with E-state index in [2.05, 4.69) is 18.0 Å². The molecule has 0 unspecified atom stereocenters. The molecule has 0 bridgehead atoms. The standard InChI is InChI=1S/C10H11ClN2/c1-7-3-4-13-9(8(2)11)6-12-10(13)5-7/h3-6,8H,1-2H3/t8-/m1/s1. The van der Waals surface area contributed by atoms with Gasteiger partial charge in [0.25, 0.3) is 0 Å². The van der Waals surface area contributed by atoms with Gasteiger partial charge in [-0.25, -0.2) is 4.98 Å². The Balaban J connectivity index is 2.69. The number of rotatable bonds is 1. The number of halogens is 1. The van der Waals surface area contributed by atoms with Crippen LogP contribution in [-0.2, 0) is 0 Å². The van der Waals surface area contributed by atoms with Crippen molar-refractivity contribution in [2.45, 2.75) is 19.2 Å². The third-order valence-corrected chi connectivity index (χ3v) is 2.33. The molecule has 0 fully saturated rings. The molecule has 2 rings (SSSR count). The van der Waals surface area contributed by atoms with Crippen LogP contribution in [0.3, 0.4) is 0 Å². The number of hydrogen-bond acceptors (Lipinski definition) is 1. The van der Waals surface area contributed by atoms with E-state index in [1.54, 1.807) is 0 Å². The summed E-state index contributed by atoms with van der Waals surface area (Å²) >= 11 is 6.00. The van der Waals surface area contributed by atoms with E-state index in [0.717, 1.165) is 11.3 Å². The zero-order valence-corrected chi connectivity index (χ0v) is 8.42. The monoisotopic (exact) mass is 194 g/mol. The Morgan fingerprint density at radius 1 is 1.54 bits per heavy atom. The third kappa shape index (κ3) is 1.42. The van der Waals surface area contributed by atoms with Crippen molar-refractivity contribution in [3.05, 3.63) is 35.8 Å². The Kier molecular flexibility index (Phi) is 2.00. The maximum atomic E-state index is 6.00. The lowest BCUT2D eigenvalue weighted by atomic mass is 10.3. The fraction of sp³-hybridized carbons (Fsp3) is 0.300. The number of aromatic nitrogens is 2. The van der Waals surface area contributed by atoms with Gasteiger partial charge in [0, 0.05) is 6.20 Å². The molecule has 0 aliphatic rings. The van der Waals surface area contributed by atoms with Crippen LogP contribution in [-0.4, -0.2) is 9.38 Å². The van der Waals surface area contributed by atoms with Crippen LogP contribution in [0.2, 0.25) is 0 Å². The predicted molar refractivity (Wildman–Crippen MR) is 54.2 cm³/mol. The summed E-state index contributed by atoms with van der Waals surface area (Å²) in [5.41, 5.74) is 3.21. The van der Waals surface area contributed by atoms with E-state index in [4.69, 9.17) is 11.6 Å². The zero-order valence-electron chi connectivity index (χ0n) is 7.66. The van der Waals surface area contributed by atoms with Crippen molar-refractivity contribution in [2.75, 3.05) is 0 Å². The van der Waals surface area contributed by atoms with Crippen molar-refractivity contribution in [1.29, 1.82) is 0 Å². The molecule has 0 aliphatic carbocycles. The number of nitrogens with zero attached hydrogens (tertiary/aromatic N) is 2. The highest BCUT2D eigenvalue weighted by Crippen LogP contribution is 2.20. The van der Waals surface area contributed by atoms with Crippen LogP contribution >= 0.6 is 11.6 Å². The molecule has 1 atom stereocenters. The van der Waals surface area contributed by atoms with Crippen LogP contribution in [0.15, 0.2) is 24.5 Å². The van der Waals surface area contributed by atoms with Crippen molar-refractivity contribution >= 4 is 17.2 Å². The molecule has 2 aromatic rings. The van der Waals surface area contributed by atoms with Gasteiger partial charge in [-0.15, -0.1) is 11.6 Å². The second kappa shape index (κ2) is 3.04. The lowest BCUT2D eigenvalue weighted by molar-refractivity contribution is 0.961. The summed E-state index contributed by atoms with van der Waals surface area (Å²) in [6.07, 6.45) is 3.83. The smallest absolute Gasteiger partial charge is 0.137 e. The fourth-order valence-corrected chi connectivity index (χ4v) is 1.56. The lowest BCUT2D eigenvalue weighted by Crippen LogP contribution is -1.92. The maximum Gasteiger partial charge on any atom is 0.137 e. The topological polar surface area (TPSA) is 17.3 Å². The molecule has 68 valence electrons. The highest BCUT2D eigenvalue weighted by atomic mass is 35.5. The summed E-state index contributed by atoms with van der Waals surface area (Å²) in [5, 5.41) is -0.00212. The Morgan fingerprint density at radius 2 is 2.31 bits per heavy atom. The lowest BCUT2D eigenvalue weighted by Gasteiger charge is -2.02. The minimum Gasteiger partial charge on any atom is -0.303 e. The molecule has 2 aromatic heterocycles. The summed E-state index contributed by atoms with van der Waals surface area (Å²) in [7, 11) is 0. The van der Waals surface area contributed by atoms with E-state index in [1.165, 1.54) is 5.56 Å². The Hall–Kier alpha value is -1.02. The number of fused-ring (bicyclic) bond motifs is 1. The van der Waals surface area contributed by atoms with Gasteiger partial charge >= 0.3 is 0 Å². The highest BCUT2D eigenvalue weighted by Gasteiger charge is 2.07. The molecule has 0 N–H and O–H groups in total. The molecule has 2 heterocycles. The molecule has 0 aromatic carbocycles. The van der Waals surface area contributed by atoms with E-state index < -0.39 is 0 Å². The fourth-order valence-electron chi connectivity index (χ4n) is 1.40. The third-order valence-electron chi connectivity index (χ3n) is 2.10. The van der Waals surface area contributed by atoms with E-state index in [-0.39, 0.29) is 5.38 Å². The Morgan fingerprint density at radius 3 is 3.00 bits per heavy atom. The molecule has 0 radical (unpaired) electrons. The van der Waals surface area contributed by atoms with E-state index >= 15 is 0 Å². The van der Waals surface area contributed by atoms with E-state index in [9.17, 15) is 0 Å². The average molecular weight is 195 g/mol. The molecular weight excluding hydrogens is 184 g/mol. The van der Waals surface area contributed by atoms with Gasteiger partial charge < -0.3 is 4.40 Å². The first kappa shape index (κ1) is 8.57. The van der Waals surface area contributed by atoms with Crippen molar-refractivity contribution in [3.8, 4) is 0 Å². The number of pyridine rings is 1. The molecule has 13 heavy (non-hydrogen) atoms. The Bertz CT molecular complexity index is 431. The Labute approximate surface area is 82.2 Å². The first-order valence-electron chi connectivity index (χ1n) is 4.26. The highest BCUT2D eigenvalue weighted by molar-refractivity contribution is 6.20. The van der Waals surface area contributed by atoms with E-state index in [0.29, 0.717) is 0 Å². The van der Waals surface area contributed by atoms with Gasteiger partial charge in [-0.2, -0.15) is 0 Å².